The van der Waals surface area contributed by atoms with Crippen LogP contribution in [0.15, 0.2) is 41.3 Å². The van der Waals surface area contributed by atoms with E-state index in [0.29, 0.717) is 19.5 Å². The maximum atomic E-state index is 13.5. The third-order valence-electron chi connectivity index (χ3n) is 6.73. The minimum absolute atomic E-state index is 0.0858. The number of benzene rings is 2. The highest BCUT2D eigenvalue weighted by Gasteiger charge is 2.40. The molecule has 0 spiro atoms. The van der Waals surface area contributed by atoms with Crippen molar-refractivity contribution in [3.63, 3.8) is 0 Å². The molecule has 4 rings (SSSR count). The lowest BCUT2D eigenvalue weighted by atomic mass is 10.1. The van der Waals surface area contributed by atoms with Crippen LogP contribution in [-0.2, 0) is 32.5 Å². The third kappa shape index (κ3) is 7.60. The first-order valence-corrected chi connectivity index (χ1v) is 15.2. The minimum atomic E-state index is -4.13. The molecule has 202 valence electrons. The fourth-order valence-electron chi connectivity index (χ4n) is 4.83. The van der Waals surface area contributed by atoms with Gasteiger partial charge < -0.3 is 15.4 Å². The quantitative estimate of drug-likeness (QED) is 0.414. The molecule has 2 heterocycles. The highest BCUT2D eigenvalue weighted by molar-refractivity contribution is 7.92. The van der Waals surface area contributed by atoms with Gasteiger partial charge in [0.2, 0.25) is 15.7 Å². The average Bonchev–Trinajstić information content (AvgIpc) is 3.38. The van der Waals surface area contributed by atoms with Gasteiger partial charge in [-0.25, -0.2) is 8.42 Å². The van der Waals surface area contributed by atoms with Gasteiger partial charge in [0.15, 0.2) is 5.44 Å². The Kier molecular flexibility index (Phi) is 10.1. The van der Waals surface area contributed by atoms with Crippen molar-refractivity contribution in [3.05, 3.63) is 62.6 Å². The number of sulfone groups is 1. The average molecular weight is 589 g/mol. The molecule has 37 heavy (non-hydrogen) atoms. The van der Waals surface area contributed by atoms with Crippen molar-refractivity contribution in [1.82, 2.24) is 15.5 Å². The van der Waals surface area contributed by atoms with E-state index in [9.17, 15) is 13.2 Å². The molecule has 2 aliphatic rings. The second kappa shape index (κ2) is 13.1. The lowest BCUT2D eigenvalue weighted by molar-refractivity contribution is -0.126. The van der Waals surface area contributed by atoms with Gasteiger partial charge in [-0.15, -0.1) is 0 Å². The van der Waals surface area contributed by atoms with Gasteiger partial charge in [-0.3, -0.25) is 9.69 Å². The number of carbonyl (C=O) groups is 1. The van der Waals surface area contributed by atoms with Crippen molar-refractivity contribution in [2.45, 2.75) is 61.6 Å². The number of hydrogen-bond acceptors (Lipinski definition) is 6. The van der Waals surface area contributed by atoms with Crippen LogP contribution in [0.5, 0.6) is 0 Å². The highest BCUT2D eigenvalue weighted by atomic mass is 35.5. The lowest BCUT2D eigenvalue weighted by Crippen LogP contribution is -2.44. The maximum Gasteiger partial charge on any atom is 0.246 e. The Balaban J connectivity index is 1.35. The lowest BCUT2D eigenvalue weighted by Gasteiger charge is -2.26. The van der Waals surface area contributed by atoms with E-state index in [1.54, 1.807) is 0 Å². The number of carbonyl (C=O) groups excluding carboxylic acids is 1. The summed E-state index contributed by atoms with van der Waals surface area (Å²) in [5.41, 5.74) is 0.875. The Bertz CT molecular complexity index is 1160. The van der Waals surface area contributed by atoms with Gasteiger partial charge in [0.05, 0.1) is 10.0 Å². The molecule has 1 amide bonds. The summed E-state index contributed by atoms with van der Waals surface area (Å²) in [7, 11) is -4.13. The Hall–Kier alpha value is -1.39. The number of nitrogens with zero attached hydrogens (tertiary/aromatic N) is 1. The molecule has 2 fully saturated rings. The van der Waals surface area contributed by atoms with E-state index in [0.717, 1.165) is 31.6 Å². The molecule has 0 aliphatic carbocycles. The standard InChI is InChI=1S/C26H32Cl3N3O4S/c27-20-13-21(28)25(22(29)14-20)37(34,35)26(23-5-4-10-30-23)36-17-24(33)31-15-18-6-8-19(9-7-18)16-32-11-2-1-3-12-32/h6-9,13-14,23,26,30H,1-5,10-12,15-17H2,(H,31,33). The summed E-state index contributed by atoms with van der Waals surface area (Å²) >= 11 is 18.4. The van der Waals surface area contributed by atoms with Crippen molar-refractivity contribution in [3.8, 4) is 0 Å². The van der Waals surface area contributed by atoms with Crippen LogP contribution in [0.3, 0.4) is 0 Å². The number of hydrogen-bond donors (Lipinski definition) is 2. The number of amides is 1. The van der Waals surface area contributed by atoms with Gasteiger partial charge >= 0.3 is 0 Å². The van der Waals surface area contributed by atoms with E-state index in [4.69, 9.17) is 39.5 Å². The molecular weight excluding hydrogens is 557 g/mol. The molecule has 11 heteroatoms. The predicted molar refractivity (Wildman–Crippen MR) is 147 cm³/mol. The second-order valence-electron chi connectivity index (χ2n) is 9.56. The van der Waals surface area contributed by atoms with Crippen LogP contribution >= 0.6 is 34.8 Å². The number of halogens is 3. The number of ether oxygens (including phenoxy) is 1. The van der Waals surface area contributed by atoms with Gasteiger partial charge in [-0.05, 0) is 68.6 Å². The molecule has 2 atom stereocenters. The molecule has 7 nitrogen and oxygen atoms in total. The van der Waals surface area contributed by atoms with Crippen LogP contribution in [0.2, 0.25) is 15.1 Å². The molecule has 0 aromatic heterocycles. The summed E-state index contributed by atoms with van der Waals surface area (Å²) in [4.78, 5) is 14.8. The summed E-state index contributed by atoms with van der Waals surface area (Å²) in [6, 6.07) is 10.3. The van der Waals surface area contributed by atoms with E-state index in [2.05, 4.69) is 27.7 Å². The smallest absolute Gasteiger partial charge is 0.246 e. The fourth-order valence-corrected chi connectivity index (χ4v) is 8.10. The summed E-state index contributed by atoms with van der Waals surface area (Å²) in [6.07, 6.45) is 5.20. The van der Waals surface area contributed by atoms with Crippen molar-refractivity contribution in [1.29, 1.82) is 0 Å². The summed E-state index contributed by atoms with van der Waals surface area (Å²) in [5, 5.41) is 6.01. The first kappa shape index (κ1) is 28.6. The van der Waals surface area contributed by atoms with Crippen molar-refractivity contribution in [2.24, 2.45) is 0 Å². The fraction of sp³-hybridized carbons (Fsp3) is 0.500. The SMILES string of the molecule is O=C(COC(C1CCCN1)S(=O)(=O)c1c(Cl)cc(Cl)cc1Cl)NCc1ccc(CN2CCCCC2)cc1. The van der Waals surface area contributed by atoms with Gasteiger partial charge in [-0.2, -0.15) is 0 Å². The molecule has 2 aromatic rings. The van der Waals surface area contributed by atoms with Gasteiger partial charge in [0, 0.05) is 24.2 Å². The normalized spacial score (nSPS) is 19.6. The summed E-state index contributed by atoms with van der Waals surface area (Å²) in [5.74, 6) is -0.413. The summed E-state index contributed by atoms with van der Waals surface area (Å²) in [6.45, 7) is 3.77. The van der Waals surface area contributed by atoms with Crippen LogP contribution in [-0.4, -0.2) is 56.9 Å². The van der Waals surface area contributed by atoms with Crippen LogP contribution in [0.25, 0.3) is 0 Å². The molecule has 2 aromatic carbocycles. The second-order valence-corrected chi connectivity index (χ2v) is 12.8. The zero-order chi connectivity index (χ0) is 26.4. The maximum absolute atomic E-state index is 13.5. The highest BCUT2D eigenvalue weighted by Crippen LogP contribution is 2.36. The van der Waals surface area contributed by atoms with Crippen molar-refractivity contribution < 1.29 is 17.9 Å². The zero-order valence-corrected chi connectivity index (χ0v) is 23.6. The Morgan fingerprint density at radius 3 is 2.30 bits per heavy atom. The minimum Gasteiger partial charge on any atom is -0.350 e. The van der Waals surface area contributed by atoms with Gasteiger partial charge in [-0.1, -0.05) is 65.5 Å². The predicted octanol–water partition coefficient (Wildman–Crippen LogP) is 4.82. The van der Waals surface area contributed by atoms with Crippen LogP contribution in [0, 0.1) is 0 Å². The van der Waals surface area contributed by atoms with E-state index >= 15 is 0 Å². The molecule has 2 unspecified atom stereocenters. The Morgan fingerprint density at radius 1 is 1.03 bits per heavy atom. The topological polar surface area (TPSA) is 87.7 Å². The van der Waals surface area contributed by atoms with E-state index in [1.165, 1.54) is 37.0 Å². The van der Waals surface area contributed by atoms with E-state index in [-0.39, 0.29) is 20.0 Å². The third-order valence-corrected chi connectivity index (χ3v) is 9.85. The van der Waals surface area contributed by atoms with Crippen LogP contribution < -0.4 is 10.6 Å². The summed E-state index contributed by atoms with van der Waals surface area (Å²) < 4.78 is 32.8. The molecule has 2 N–H and O–H groups in total. The van der Waals surface area contributed by atoms with E-state index in [1.807, 2.05) is 12.1 Å². The van der Waals surface area contributed by atoms with Crippen molar-refractivity contribution in [2.75, 3.05) is 26.2 Å². The van der Waals surface area contributed by atoms with Gasteiger partial charge in [0.1, 0.15) is 11.5 Å². The van der Waals surface area contributed by atoms with Crippen LogP contribution in [0.4, 0.5) is 0 Å². The number of nitrogens with one attached hydrogen (secondary N) is 2. The number of piperidine rings is 1. The zero-order valence-electron chi connectivity index (χ0n) is 20.5. The largest absolute Gasteiger partial charge is 0.350 e. The molecule has 2 saturated heterocycles. The number of rotatable bonds is 10. The molecule has 2 aliphatic heterocycles. The first-order chi connectivity index (χ1) is 17.7. The molecule has 0 bridgehead atoms. The van der Waals surface area contributed by atoms with Gasteiger partial charge in [0.25, 0.3) is 0 Å². The number of likely N-dealkylation sites (tertiary alicyclic amines) is 1. The molecule has 0 saturated carbocycles. The van der Waals surface area contributed by atoms with Crippen molar-refractivity contribution >= 4 is 50.5 Å². The first-order valence-electron chi connectivity index (χ1n) is 12.5. The Labute approximate surface area is 233 Å². The monoisotopic (exact) mass is 587 g/mol. The molecular formula is C26H32Cl3N3O4S. The van der Waals surface area contributed by atoms with Crippen LogP contribution in [0.1, 0.15) is 43.2 Å². The Morgan fingerprint density at radius 2 is 1.68 bits per heavy atom. The van der Waals surface area contributed by atoms with E-state index < -0.39 is 33.8 Å². The molecule has 0 radical (unpaired) electrons.